The van der Waals surface area contributed by atoms with Crippen molar-refractivity contribution in [3.8, 4) is 5.95 Å². The van der Waals surface area contributed by atoms with Gasteiger partial charge in [-0.1, -0.05) is 126 Å². The fraction of sp³-hybridized carbons (Fsp3) is 0.239. The SMILES string of the molecule is C=C/C=C\C(=C/C)c1nc(C2=CC=CCC2)nc(-n2c3c(c4ccc5c(C=C)c(/C=C\C)n(C(/C=C\C(=C)C(C)(C)C)=C/C)c5c42)CCC=C3)n1. The van der Waals surface area contributed by atoms with Gasteiger partial charge in [0.2, 0.25) is 5.95 Å². The molecule has 0 amide bonds. The maximum atomic E-state index is 5.28. The van der Waals surface area contributed by atoms with Crippen LogP contribution in [0.5, 0.6) is 0 Å². The summed E-state index contributed by atoms with van der Waals surface area (Å²) in [4.78, 5) is 15.6. The molecule has 0 atom stereocenters. The van der Waals surface area contributed by atoms with E-state index in [9.17, 15) is 0 Å². The van der Waals surface area contributed by atoms with Gasteiger partial charge in [-0.15, -0.1) is 0 Å². The maximum Gasteiger partial charge on any atom is 0.238 e. The van der Waals surface area contributed by atoms with Crippen molar-refractivity contribution < 1.29 is 0 Å². The average Bonchev–Trinajstić information content (AvgIpc) is 3.64. The van der Waals surface area contributed by atoms with E-state index in [1.807, 2.05) is 31.2 Å². The van der Waals surface area contributed by atoms with Crippen LogP contribution in [0, 0.1) is 5.41 Å². The van der Waals surface area contributed by atoms with Gasteiger partial charge in [0.1, 0.15) is 0 Å². The lowest BCUT2D eigenvalue weighted by Crippen LogP contribution is -2.12. The number of hydrogen-bond donors (Lipinski definition) is 0. The Morgan fingerprint density at radius 2 is 1.67 bits per heavy atom. The lowest BCUT2D eigenvalue weighted by Gasteiger charge is -2.19. The summed E-state index contributed by atoms with van der Waals surface area (Å²) in [7, 11) is 0. The number of fused-ring (bicyclic) bond motifs is 5. The third-order valence-electron chi connectivity index (χ3n) is 9.72. The van der Waals surface area contributed by atoms with Crippen LogP contribution in [0.1, 0.15) is 95.0 Å². The highest BCUT2D eigenvalue weighted by Crippen LogP contribution is 2.42. The van der Waals surface area contributed by atoms with Gasteiger partial charge in [-0.2, -0.15) is 9.97 Å². The quantitative estimate of drug-likeness (QED) is 0.158. The summed E-state index contributed by atoms with van der Waals surface area (Å²) >= 11 is 0. The van der Waals surface area contributed by atoms with Crippen LogP contribution in [0.3, 0.4) is 0 Å². The molecule has 4 aromatic rings. The van der Waals surface area contributed by atoms with Gasteiger partial charge in [0.05, 0.1) is 22.4 Å². The molecule has 0 saturated carbocycles. The molecule has 3 aromatic heterocycles. The molecule has 0 aliphatic heterocycles. The molecule has 0 saturated heterocycles. The largest absolute Gasteiger partial charge is 0.308 e. The van der Waals surface area contributed by atoms with Gasteiger partial charge in [0, 0.05) is 27.6 Å². The minimum absolute atomic E-state index is 0.0514. The summed E-state index contributed by atoms with van der Waals surface area (Å²) in [6, 6.07) is 4.53. The van der Waals surface area contributed by atoms with E-state index in [4.69, 9.17) is 15.0 Å². The zero-order valence-corrected chi connectivity index (χ0v) is 31.0. The minimum Gasteiger partial charge on any atom is -0.308 e. The van der Waals surface area contributed by atoms with E-state index in [0.29, 0.717) is 17.6 Å². The van der Waals surface area contributed by atoms with Gasteiger partial charge in [-0.3, -0.25) is 4.57 Å². The number of aromatic nitrogens is 5. The molecule has 258 valence electrons. The standard InChI is InChI=1S/C46H49N5/c1-10-15-22-32(12-3)43-47-44(33-23-17-16-18-24-33)49-45(48-43)51-40-26-20-19-25-36(40)38-30-29-37-35(14-5)39(21-11-2)50(41(37)42(38)51)34(13-4)28-27-31(6)46(7,8)9/h10-17,20-23,26-30H,1,5-6,18-19,24-25H2,2-4,7-9H3/b21-11-,22-15-,28-27-,32-12+,34-13+. The monoisotopic (exact) mass is 671 g/mol. The number of hydrogen-bond acceptors (Lipinski definition) is 3. The molecule has 51 heavy (non-hydrogen) atoms. The van der Waals surface area contributed by atoms with Crippen LogP contribution in [-0.2, 0) is 6.42 Å². The van der Waals surface area contributed by atoms with Gasteiger partial charge in [0.25, 0.3) is 0 Å². The van der Waals surface area contributed by atoms with Crippen LogP contribution in [0.4, 0.5) is 0 Å². The second-order valence-corrected chi connectivity index (χ2v) is 13.9. The Labute approximate surface area is 303 Å². The average molecular weight is 672 g/mol. The first kappa shape index (κ1) is 35.3. The zero-order valence-electron chi connectivity index (χ0n) is 31.0. The van der Waals surface area contributed by atoms with Crippen molar-refractivity contribution in [2.24, 2.45) is 5.41 Å². The summed E-state index contributed by atoms with van der Waals surface area (Å²) in [6.45, 7) is 25.3. The molecule has 6 rings (SSSR count). The van der Waals surface area contributed by atoms with E-state index in [2.05, 4.69) is 136 Å². The van der Waals surface area contributed by atoms with Gasteiger partial charge in [-0.05, 0) is 86.8 Å². The van der Waals surface area contributed by atoms with Gasteiger partial charge in [-0.25, -0.2) is 4.98 Å². The maximum absolute atomic E-state index is 5.28. The zero-order chi connectivity index (χ0) is 36.3. The fourth-order valence-corrected chi connectivity index (χ4v) is 6.87. The highest BCUT2D eigenvalue weighted by atomic mass is 15.2. The molecule has 0 radical (unpaired) electrons. The molecule has 3 heterocycles. The molecule has 0 bridgehead atoms. The molecule has 0 fully saturated rings. The van der Waals surface area contributed by atoms with Gasteiger partial charge >= 0.3 is 0 Å². The lowest BCUT2D eigenvalue weighted by molar-refractivity contribution is 0.519. The van der Waals surface area contributed by atoms with Crippen molar-refractivity contribution >= 4 is 56.9 Å². The Balaban J connectivity index is 1.78. The van der Waals surface area contributed by atoms with E-state index in [1.54, 1.807) is 6.08 Å². The second kappa shape index (κ2) is 14.7. The highest BCUT2D eigenvalue weighted by molar-refractivity contribution is 6.13. The van der Waals surface area contributed by atoms with E-state index >= 15 is 0 Å². The Morgan fingerprint density at radius 1 is 0.882 bits per heavy atom. The van der Waals surface area contributed by atoms with Crippen LogP contribution >= 0.6 is 0 Å². The van der Waals surface area contributed by atoms with Crippen LogP contribution in [0.15, 0.2) is 110 Å². The van der Waals surface area contributed by atoms with Crippen LogP contribution in [0.2, 0.25) is 0 Å². The Kier molecular flexibility index (Phi) is 10.2. The predicted octanol–water partition coefficient (Wildman–Crippen LogP) is 12.3. The van der Waals surface area contributed by atoms with E-state index in [1.165, 1.54) is 10.9 Å². The van der Waals surface area contributed by atoms with Crippen molar-refractivity contribution in [3.05, 3.63) is 145 Å². The summed E-state index contributed by atoms with van der Waals surface area (Å²) < 4.78 is 4.64. The third kappa shape index (κ3) is 6.57. The Morgan fingerprint density at radius 3 is 2.33 bits per heavy atom. The number of nitrogens with zero attached hydrogens (tertiary/aromatic N) is 5. The first-order valence-electron chi connectivity index (χ1n) is 18.0. The molecule has 1 aromatic carbocycles. The van der Waals surface area contributed by atoms with Crippen molar-refractivity contribution in [1.29, 1.82) is 0 Å². The molecule has 5 nitrogen and oxygen atoms in total. The number of benzene rings is 1. The summed E-state index contributed by atoms with van der Waals surface area (Å²) in [6.07, 6.45) is 35.1. The van der Waals surface area contributed by atoms with E-state index in [0.717, 1.165) is 81.5 Å². The third-order valence-corrected chi connectivity index (χ3v) is 9.72. The normalized spacial score (nSPS) is 15.5. The minimum atomic E-state index is -0.0514. The predicted molar refractivity (Wildman–Crippen MR) is 221 cm³/mol. The number of allylic oxidation sites excluding steroid dienone is 16. The van der Waals surface area contributed by atoms with Gasteiger partial charge in [0.15, 0.2) is 11.6 Å². The van der Waals surface area contributed by atoms with Crippen molar-refractivity contribution in [1.82, 2.24) is 24.1 Å². The Hall–Kier alpha value is -5.55. The topological polar surface area (TPSA) is 48.5 Å². The molecule has 0 spiro atoms. The molecule has 0 N–H and O–H groups in total. The molecule has 5 heteroatoms. The first-order chi connectivity index (χ1) is 24.7. The van der Waals surface area contributed by atoms with E-state index in [-0.39, 0.29) is 5.41 Å². The smallest absolute Gasteiger partial charge is 0.238 e. The first-order valence-corrected chi connectivity index (χ1v) is 18.0. The summed E-state index contributed by atoms with van der Waals surface area (Å²) in [5.41, 5.74) is 10.8. The van der Waals surface area contributed by atoms with Crippen molar-refractivity contribution in [3.63, 3.8) is 0 Å². The fourth-order valence-electron chi connectivity index (χ4n) is 6.87. The van der Waals surface area contributed by atoms with Crippen molar-refractivity contribution in [2.45, 2.75) is 67.2 Å². The molecule has 0 unspecified atom stereocenters. The van der Waals surface area contributed by atoms with Crippen molar-refractivity contribution in [2.75, 3.05) is 0 Å². The van der Waals surface area contributed by atoms with Crippen LogP contribution < -0.4 is 0 Å². The molecule has 2 aliphatic rings. The molecule has 2 aliphatic carbocycles. The summed E-state index contributed by atoms with van der Waals surface area (Å²) in [5.74, 6) is 1.92. The molecular formula is C46H49N5. The highest BCUT2D eigenvalue weighted by Gasteiger charge is 2.27. The van der Waals surface area contributed by atoms with Gasteiger partial charge < -0.3 is 4.57 Å². The van der Waals surface area contributed by atoms with E-state index < -0.39 is 0 Å². The van der Waals surface area contributed by atoms with Crippen LogP contribution in [-0.4, -0.2) is 24.1 Å². The molecular weight excluding hydrogens is 623 g/mol. The lowest BCUT2D eigenvalue weighted by atomic mass is 9.87. The number of rotatable bonds is 10. The van der Waals surface area contributed by atoms with Crippen LogP contribution in [0.25, 0.3) is 62.8 Å². The Bertz CT molecular complexity index is 2310. The summed E-state index contributed by atoms with van der Waals surface area (Å²) in [5, 5.41) is 2.31. The second-order valence-electron chi connectivity index (χ2n) is 13.9. The number of aryl methyl sites for hydroxylation is 1.